The summed E-state index contributed by atoms with van der Waals surface area (Å²) in [5, 5.41) is 3.46. The quantitative estimate of drug-likeness (QED) is 0.765. The standard InChI is InChI=1S/C15H13ClN2OS/c16-14-7-6-13(20-14)15(12-5-3-9-19-12)18-10-11-4-1-2-8-17-11/h1-9,15,18H,10H2. The minimum Gasteiger partial charge on any atom is -0.467 e. The molecule has 3 aromatic heterocycles. The van der Waals surface area contributed by atoms with E-state index in [-0.39, 0.29) is 6.04 Å². The average molecular weight is 305 g/mol. The molecule has 1 unspecified atom stereocenters. The van der Waals surface area contributed by atoms with Gasteiger partial charge in [0, 0.05) is 17.6 Å². The van der Waals surface area contributed by atoms with Gasteiger partial charge in [0.25, 0.3) is 0 Å². The fourth-order valence-electron chi connectivity index (χ4n) is 1.99. The van der Waals surface area contributed by atoms with Crippen molar-refractivity contribution in [1.82, 2.24) is 10.3 Å². The monoisotopic (exact) mass is 304 g/mol. The first-order valence-electron chi connectivity index (χ1n) is 6.25. The molecule has 0 amide bonds. The largest absolute Gasteiger partial charge is 0.467 e. The molecule has 0 aliphatic rings. The van der Waals surface area contributed by atoms with Crippen LogP contribution in [0, 0.1) is 0 Å². The fourth-order valence-corrected chi connectivity index (χ4v) is 3.13. The molecule has 0 aliphatic heterocycles. The maximum absolute atomic E-state index is 6.03. The lowest BCUT2D eigenvalue weighted by atomic mass is 10.2. The molecule has 0 aliphatic carbocycles. The number of hydrogen-bond acceptors (Lipinski definition) is 4. The van der Waals surface area contributed by atoms with Crippen molar-refractivity contribution in [3.63, 3.8) is 0 Å². The fraction of sp³-hybridized carbons (Fsp3) is 0.133. The summed E-state index contributed by atoms with van der Waals surface area (Å²) >= 11 is 7.58. The van der Waals surface area contributed by atoms with Gasteiger partial charge in [0.15, 0.2) is 0 Å². The van der Waals surface area contributed by atoms with E-state index in [2.05, 4.69) is 10.3 Å². The van der Waals surface area contributed by atoms with Crippen LogP contribution in [0.15, 0.2) is 59.3 Å². The first kappa shape index (κ1) is 13.4. The van der Waals surface area contributed by atoms with E-state index in [0.29, 0.717) is 6.54 Å². The van der Waals surface area contributed by atoms with Crippen LogP contribution in [0.5, 0.6) is 0 Å². The minimum absolute atomic E-state index is 0.00972. The van der Waals surface area contributed by atoms with Crippen molar-refractivity contribution >= 4 is 22.9 Å². The van der Waals surface area contributed by atoms with Gasteiger partial charge in [-0.25, -0.2) is 0 Å². The normalized spacial score (nSPS) is 12.4. The topological polar surface area (TPSA) is 38.1 Å². The third-order valence-electron chi connectivity index (χ3n) is 2.92. The summed E-state index contributed by atoms with van der Waals surface area (Å²) in [5.41, 5.74) is 0.992. The van der Waals surface area contributed by atoms with Crippen LogP contribution < -0.4 is 5.32 Å². The summed E-state index contributed by atoms with van der Waals surface area (Å²) in [6.07, 6.45) is 3.47. The zero-order chi connectivity index (χ0) is 13.8. The summed E-state index contributed by atoms with van der Waals surface area (Å²) in [5.74, 6) is 0.874. The van der Waals surface area contributed by atoms with E-state index < -0.39 is 0 Å². The highest BCUT2D eigenvalue weighted by Crippen LogP contribution is 2.31. The SMILES string of the molecule is Clc1ccc(C(NCc2ccccn2)c2ccco2)s1. The van der Waals surface area contributed by atoms with Gasteiger partial charge in [0.2, 0.25) is 0 Å². The van der Waals surface area contributed by atoms with E-state index in [4.69, 9.17) is 16.0 Å². The Kier molecular flexibility index (Phi) is 4.16. The second-order valence-electron chi connectivity index (χ2n) is 4.29. The first-order chi connectivity index (χ1) is 9.83. The van der Waals surface area contributed by atoms with Gasteiger partial charge in [-0.2, -0.15) is 0 Å². The van der Waals surface area contributed by atoms with Crippen molar-refractivity contribution in [3.05, 3.63) is 75.6 Å². The van der Waals surface area contributed by atoms with Crippen LogP contribution in [0.1, 0.15) is 22.4 Å². The van der Waals surface area contributed by atoms with Crippen molar-refractivity contribution in [3.8, 4) is 0 Å². The highest BCUT2D eigenvalue weighted by atomic mass is 35.5. The smallest absolute Gasteiger partial charge is 0.126 e. The Labute approximate surface area is 126 Å². The molecule has 3 rings (SSSR count). The number of aromatic nitrogens is 1. The summed E-state index contributed by atoms with van der Waals surface area (Å²) in [6.45, 7) is 0.668. The zero-order valence-electron chi connectivity index (χ0n) is 10.6. The van der Waals surface area contributed by atoms with Crippen LogP contribution in [-0.4, -0.2) is 4.98 Å². The lowest BCUT2D eigenvalue weighted by molar-refractivity contribution is 0.447. The number of thiophene rings is 1. The van der Waals surface area contributed by atoms with E-state index in [1.807, 2.05) is 42.5 Å². The van der Waals surface area contributed by atoms with Gasteiger partial charge in [-0.05, 0) is 36.4 Å². The lowest BCUT2D eigenvalue weighted by Gasteiger charge is -2.14. The predicted octanol–water partition coefficient (Wildman–Crippen LogP) is 4.27. The summed E-state index contributed by atoms with van der Waals surface area (Å²) in [6, 6.07) is 13.6. The molecular weight excluding hydrogens is 292 g/mol. The van der Waals surface area contributed by atoms with Crippen molar-refractivity contribution < 1.29 is 4.42 Å². The van der Waals surface area contributed by atoms with E-state index >= 15 is 0 Å². The van der Waals surface area contributed by atoms with Crippen molar-refractivity contribution in [2.24, 2.45) is 0 Å². The molecule has 3 aromatic rings. The Morgan fingerprint density at radius 1 is 1.20 bits per heavy atom. The molecule has 102 valence electrons. The van der Waals surface area contributed by atoms with Crippen LogP contribution in [0.2, 0.25) is 4.34 Å². The summed E-state index contributed by atoms with van der Waals surface area (Å²) in [7, 11) is 0. The van der Waals surface area contributed by atoms with Gasteiger partial charge in [-0.3, -0.25) is 10.3 Å². The van der Waals surface area contributed by atoms with E-state index in [9.17, 15) is 0 Å². The molecule has 0 bridgehead atoms. The Morgan fingerprint density at radius 2 is 2.15 bits per heavy atom. The molecule has 20 heavy (non-hydrogen) atoms. The molecule has 0 saturated heterocycles. The number of furan rings is 1. The van der Waals surface area contributed by atoms with Gasteiger partial charge in [-0.15, -0.1) is 11.3 Å². The summed E-state index contributed by atoms with van der Waals surface area (Å²) < 4.78 is 6.30. The van der Waals surface area contributed by atoms with Crippen LogP contribution in [0.3, 0.4) is 0 Å². The lowest BCUT2D eigenvalue weighted by Crippen LogP contribution is -2.21. The van der Waals surface area contributed by atoms with Gasteiger partial charge < -0.3 is 4.42 Å². The second kappa shape index (κ2) is 6.22. The van der Waals surface area contributed by atoms with Gasteiger partial charge in [0.1, 0.15) is 11.8 Å². The molecule has 0 radical (unpaired) electrons. The highest BCUT2D eigenvalue weighted by molar-refractivity contribution is 7.16. The molecule has 1 N–H and O–H groups in total. The average Bonchev–Trinajstić information content (AvgIpc) is 3.13. The number of hydrogen-bond donors (Lipinski definition) is 1. The van der Waals surface area contributed by atoms with Gasteiger partial charge >= 0.3 is 0 Å². The van der Waals surface area contributed by atoms with Crippen molar-refractivity contribution in [1.29, 1.82) is 0 Å². The molecule has 0 saturated carbocycles. The summed E-state index contributed by atoms with van der Waals surface area (Å²) in [4.78, 5) is 5.44. The van der Waals surface area contributed by atoms with E-state index in [1.54, 1.807) is 23.8 Å². The molecular formula is C15H13ClN2OS. The van der Waals surface area contributed by atoms with Crippen LogP contribution in [0.4, 0.5) is 0 Å². The zero-order valence-corrected chi connectivity index (χ0v) is 12.2. The van der Waals surface area contributed by atoms with Crippen LogP contribution in [-0.2, 0) is 6.54 Å². The van der Waals surface area contributed by atoms with Crippen molar-refractivity contribution in [2.45, 2.75) is 12.6 Å². The number of halogens is 1. The molecule has 5 heteroatoms. The predicted molar refractivity (Wildman–Crippen MR) is 81.0 cm³/mol. The molecule has 3 nitrogen and oxygen atoms in total. The van der Waals surface area contributed by atoms with Gasteiger partial charge in [-0.1, -0.05) is 17.7 Å². The van der Waals surface area contributed by atoms with Crippen LogP contribution in [0.25, 0.3) is 0 Å². The number of nitrogens with zero attached hydrogens (tertiary/aromatic N) is 1. The Bertz CT molecular complexity index is 652. The maximum Gasteiger partial charge on any atom is 0.126 e. The van der Waals surface area contributed by atoms with Crippen LogP contribution >= 0.6 is 22.9 Å². The molecule has 1 atom stereocenters. The third kappa shape index (κ3) is 3.10. The third-order valence-corrected chi connectivity index (χ3v) is 4.22. The number of pyridine rings is 1. The highest BCUT2D eigenvalue weighted by Gasteiger charge is 2.18. The molecule has 0 spiro atoms. The van der Waals surface area contributed by atoms with Gasteiger partial charge in [0.05, 0.1) is 16.3 Å². The number of nitrogens with one attached hydrogen (secondary N) is 1. The molecule has 0 aromatic carbocycles. The van der Waals surface area contributed by atoms with Crippen molar-refractivity contribution in [2.75, 3.05) is 0 Å². The first-order valence-corrected chi connectivity index (χ1v) is 7.44. The Morgan fingerprint density at radius 3 is 2.80 bits per heavy atom. The minimum atomic E-state index is -0.00972. The Hall–Kier alpha value is -1.62. The molecule has 3 heterocycles. The second-order valence-corrected chi connectivity index (χ2v) is 6.04. The molecule has 0 fully saturated rings. The Balaban J connectivity index is 1.80. The van der Waals surface area contributed by atoms with E-state index in [0.717, 1.165) is 20.7 Å². The number of rotatable bonds is 5. The van der Waals surface area contributed by atoms with E-state index in [1.165, 1.54) is 0 Å². The maximum atomic E-state index is 6.03.